The van der Waals surface area contributed by atoms with Gasteiger partial charge in [0, 0.05) is 58.7 Å². The lowest BCUT2D eigenvalue weighted by molar-refractivity contribution is 0.0746. The van der Waals surface area contributed by atoms with Crippen molar-refractivity contribution in [3.63, 3.8) is 0 Å². The lowest BCUT2D eigenvalue weighted by atomic mass is 10.1. The number of benzene rings is 3. The van der Waals surface area contributed by atoms with Gasteiger partial charge in [-0.05, 0) is 55.5 Å². The second-order valence-corrected chi connectivity index (χ2v) is 9.37. The molecule has 6 heteroatoms. The first-order valence-corrected chi connectivity index (χ1v) is 12.1. The first-order valence-electron chi connectivity index (χ1n) is 10.7. The molecule has 0 atom stereocenters. The maximum atomic E-state index is 13.2. The summed E-state index contributed by atoms with van der Waals surface area (Å²) in [5.74, 6) is 1.63. The number of nitrogens with zero attached hydrogens (tertiary/aromatic N) is 2. The Kier molecular flexibility index (Phi) is 7.28. The van der Waals surface area contributed by atoms with Crippen LogP contribution in [-0.2, 0) is 5.75 Å². The SMILES string of the molecule is COc1ccc(C(=O)N2CCN(c3cccc(Cl)c3)CC2)cc1CSc1ccc(C)cc1. The molecule has 0 spiro atoms. The molecule has 4 nitrogen and oxygen atoms in total. The second-order valence-electron chi connectivity index (χ2n) is 7.89. The van der Waals surface area contributed by atoms with E-state index in [1.165, 1.54) is 10.5 Å². The summed E-state index contributed by atoms with van der Waals surface area (Å²) in [5.41, 5.74) is 4.09. The van der Waals surface area contributed by atoms with E-state index < -0.39 is 0 Å². The number of halogens is 1. The molecule has 1 aliphatic heterocycles. The summed E-state index contributed by atoms with van der Waals surface area (Å²) in [7, 11) is 1.67. The third-order valence-corrected chi connectivity index (χ3v) is 6.98. The van der Waals surface area contributed by atoms with Crippen molar-refractivity contribution in [1.82, 2.24) is 4.90 Å². The average Bonchev–Trinajstić information content (AvgIpc) is 2.83. The normalized spacial score (nSPS) is 13.8. The number of anilines is 1. The zero-order valence-electron chi connectivity index (χ0n) is 18.4. The lowest BCUT2D eigenvalue weighted by Crippen LogP contribution is -2.48. The summed E-state index contributed by atoms with van der Waals surface area (Å²) < 4.78 is 5.55. The number of rotatable bonds is 6. The number of piperazine rings is 1. The highest BCUT2D eigenvalue weighted by Gasteiger charge is 2.23. The van der Waals surface area contributed by atoms with E-state index in [1.54, 1.807) is 18.9 Å². The molecule has 3 aromatic rings. The van der Waals surface area contributed by atoms with Gasteiger partial charge in [-0.15, -0.1) is 11.8 Å². The molecular weight excluding hydrogens is 440 g/mol. The molecule has 166 valence electrons. The zero-order valence-corrected chi connectivity index (χ0v) is 20.0. The number of thioether (sulfide) groups is 1. The predicted molar refractivity (Wildman–Crippen MR) is 133 cm³/mol. The van der Waals surface area contributed by atoms with E-state index in [0.29, 0.717) is 18.7 Å². The molecule has 0 saturated carbocycles. The van der Waals surface area contributed by atoms with E-state index in [9.17, 15) is 4.79 Å². The Labute approximate surface area is 199 Å². The molecule has 4 rings (SSSR count). The molecule has 1 aliphatic rings. The largest absolute Gasteiger partial charge is 0.496 e. The summed E-state index contributed by atoms with van der Waals surface area (Å²) in [6.07, 6.45) is 0. The fourth-order valence-corrected chi connectivity index (χ4v) is 4.90. The summed E-state index contributed by atoms with van der Waals surface area (Å²) in [5, 5.41) is 0.732. The minimum Gasteiger partial charge on any atom is -0.496 e. The Hall–Kier alpha value is -2.63. The van der Waals surface area contributed by atoms with Crippen molar-refractivity contribution in [3.05, 3.63) is 88.4 Å². The van der Waals surface area contributed by atoms with Gasteiger partial charge in [-0.25, -0.2) is 0 Å². The highest BCUT2D eigenvalue weighted by molar-refractivity contribution is 7.98. The maximum Gasteiger partial charge on any atom is 0.253 e. The van der Waals surface area contributed by atoms with Crippen LogP contribution in [0, 0.1) is 6.92 Å². The highest BCUT2D eigenvalue weighted by Crippen LogP contribution is 2.30. The number of carbonyl (C=O) groups excluding carboxylic acids is 1. The molecule has 1 amide bonds. The molecule has 0 aromatic heterocycles. The van der Waals surface area contributed by atoms with Gasteiger partial charge in [0.2, 0.25) is 0 Å². The number of aryl methyl sites for hydroxylation is 1. The Morgan fingerprint density at radius 3 is 2.44 bits per heavy atom. The molecule has 0 unspecified atom stereocenters. The van der Waals surface area contributed by atoms with Crippen LogP contribution in [0.4, 0.5) is 5.69 Å². The smallest absolute Gasteiger partial charge is 0.253 e. The third kappa shape index (κ3) is 5.40. The van der Waals surface area contributed by atoms with Gasteiger partial charge in [0.1, 0.15) is 5.75 Å². The van der Waals surface area contributed by atoms with Crippen LogP contribution in [0.5, 0.6) is 5.75 Å². The fourth-order valence-electron chi connectivity index (χ4n) is 3.84. The number of hydrogen-bond acceptors (Lipinski definition) is 4. The van der Waals surface area contributed by atoms with Crippen LogP contribution in [0.3, 0.4) is 0 Å². The molecule has 0 aliphatic carbocycles. The molecule has 0 bridgehead atoms. The molecule has 0 radical (unpaired) electrons. The van der Waals surface area contributed by atoms with E-state index in [-0.39, 0.29) is 5.91 Å². The van der Waals surface area contributed by atoms with Crippen LogP contribution in [0.1, 0.15) is 21.5 Å². The van der Waals surface area contributed by atoms with E-state index in [1.807, 2.05) is 41.3 Å². The number of amides is 1. The third-order valence-electron chi connectivity index (χ3n) is 5.68. The van der Waals surface area contributed by atoms with Crippen molar-refractivity contribution in [1.29, 1.82) is 0 Å². The van der Waals surface area contributed by atoms with Crippen LogP contribution in [0.15, 0.2) is 71.6 Å². The van der Waals surface area contributed by atoms with Crippen molar-refractivity contribution >= 4 is 35.0 Å². The van der Waals surface area contributed by atoms with Crippen molar-refractivity contribution in [3.8, 4) is 5.75 Å². The molecule has 1 saturated heterocycles. The molecular formula is C26H27ClN2O2S. The Morgan fingerprint density at radius 1 is 1.00 bits per heavy atom. The first-order chi connectivity index (χ1) is 15.5. The summed E-state index contributed by atoms with van der Waals surface area (Å²) >= 11 is 7.88. The summed E-state index contributed by atoms with van der Waals surface area (Å²) in [4.78, 5) is 18.6. The predicted octanol–water partition coefficient (Wildman–Crippen LogP) is 5.91. The Bertz CT molecular complexity index is 1080. The highest BCUT2D eigenvalue weighted by atomic mass is 35.5. The topological polar surface area (TPSA) is 32.8 Å². The van der Waals surface area contributed by atoms with Crippen molar-refractivity contribution in [2.75, 3.05) is 38.2 Å². The standard InChI is InChI=1S/C26H27ClN2O2S/c1-19-6-9-24(10-7-19)32-18-21-16-20(8-11-25(21)31-2)26(30)29-14-12-28(13-15-29)23-5-3-4-22(27)17-23/h3-11,16-17H,12-15,18H2,1-2H3. The number of methoxy groups -OCH3 is 1. The maximum absolute atomic E-state index is 13.2. The minimum absolute atomic E-state index is 0.0694. The number of carbonyl (C=O) groups is 1. The van der Waals surface area contributed by atoms with E-state index in [0.717, 1.165) is 40.9 Å². The second kappa shape index (κ2) is 10.3. The van der Waals surface area contributed by atoms with Gasteiger partial charge in [0.25, 0.3) is 5.91 Å². The Balaban J connectivity index is 1.42. The monoisotopic (exact) mass is 466 g/mol. The van der Waals surface area contributed by atoms with Gasteiger partial charge >= 0.3 is 0 Å². The van der Waals surface area contributed by atoms with Crippen LogP contribution in [0.2, 0.25) is 5.02 Å². The van der Waals surface area contributed by atoms with Gasteiger partial charge in [0.15, 0.2) is 0 Å². The average molecular weight is 467 g/mol. The fraction of sp³-hybridized carbons (Fsp3) is 0.269. The lowest BCUT2D eigenvalue weighted by Gasteiger charge is -2.36. The van der Waals surface area contributed by atoms with E-state index in [2.05, 4.69) is 42.2 Å². The van der Waals surface area contributed by atoms with Gasteiger partial charge in [-0.3, -0.25) is 4.79 Å². The number of hydrogen-bond donors (Lipinski definition) is 0. The molecule has 1 fully saturated rings. The quantitative estimate of drug-likeness (QED) is 0.422. The molecule has 0 N–H and O–H groups in total. The first kappa shape index (κ1) is 22.6. The van der Waals surface area contributed by atoms with Crippen LogP contribution in [-0.4, -0.2) is 44.1 Å². The van der Waals surface area contributed by atoms with Gasteiger partial charge in [-0.2, -0.15) is 0 Å². The van der Waals surface area contributed by atoms with Crippen molar-refractivity contribution < 1.29 is 9.53 Å². The minimum atomic E-state index is 0.0694. The van der Waals surface area contributed by atoms with Gasteiger partial charge < -0.3 is 14.5 Å². The van der Waals surface area contributed by atoms with Gasteiger partial charge in [-0.1, -0.05) is 35.4 Å². The molecule has 1 heterocycles. The Morgan fingerprint density at radius 2 is 1.75 bits per heavy atom. The van der Waals surface area contributed by atoms with E-state index in [4.69, 9.17) is 16.3 Å². The van der Waals surface area contributed by atoms with E-state index >= 15 is 0 Å². The molecule has 32 heavy (non-hydrogen) atoms. The van der Waals surface area contributed by atoms with Crippen LogP contribution < -0.4 is 9.64 Å². The van der Waals surface area contributed by atoms with Crippen LogP contribution in [0.25, 0.3) is 0 Å². The summed E-state index contributed by atoms with van der Waals surface area (Å²) in [6, 6.07) is 22.1. The van der Waals surface area contributed by atoms with Crippen LogP contribution >= 0.6 is 23.4 Å². The van der Waals surface area contributed by atoms with Crippen molar-refractivity contribution in [2.45, 2.75) is 17.6 Å². The number of ether oxygens (including phenoxy) is 1. The zero-order chi connectivity index (χ0) is 22.5. The van der Waals surface area contributed by atoms with Gasteiger partial charge in [0.05, 0.1) is 7.11 Å². The molecule has 3 aromatic carbocycles. The summed E-state index contributed by atoms with van der Waals surface area (Å²) in [6.45, 7) is 5.04. The van der Waals surface area contributed by atoms with Crippen molar-refractivity contribution in [2.24, 2.45) is 0 Å².